The third-order valence-electron chi connectivity index (χ3n) is 1.91. The number of hydrogen-bond donors (Lipinski definition) is 1. The summed E-state index contributed by atoms with van der Waals surface area (Å²) in [4.78, 5) is 8.69. The topological polar surface area (TPSA) is 37.8 Å². The van der Waals surface area contributed by atoms with Gasteiger partial charge in [0.05, 0.1) is 6.54 Å². The minimum absolute atomic E-state index is 0.650. The zero-order valence-electron chi connectivity index (χ0n) is 9.25. The normalized spacial score (nSPS) is 10.9. The van der Waals surface area contributed by atoms with E-state index in [1.165, 1.54) is 0 Å². The Morgan fingerprint density at radius 2 is 2.21 bits per heavy atom. The summed E-state index contributed by atoms with van der Waals surface area (Å²) < 4.78 is 0. The molecule has 1 aromatic heterocycles. The lowest BCUT2D eigenvalue weighted by Crippen LogP contribution is -2.15. The van der Waals surface area contributed by atoms with Gasteiger partial charge in [0.15, 0.2) is 0 Å². The Morgan fingerprint density at radius 1 is 1.43 bits per heavy atom. The molecule has 1 aromatic rings. The van der Waals surface area contributed by atoms with Crippen LogP contribution < -0.4 is 5.32 Å². The first-order valence-corrected chi connectivity index (χ1v) is 5.24. The van der Waals surface area contributed by atoms with Crippen LogP contribution in [0.1, 0.15) is 32.3 Å². The van der Waals surface area contributed by atoms with Gasteiger partial charge in [-0.3, -0.25) is 0 Å². The summed E-state index contributed by atoms with van der Waals surface area (Å²) in [6.45, 7) is 8.20. The summed E-state index contributed by atoms with van der Waals surface area (Å²) in [5.74, 6) is 1.54. The van der Waals surface area contributed by atoms with Gasteiger partial charge in [-0.15, -0.1) is 0 Å². The second-order valence-corrected chi connectivity index (χ2v) is 3.84. The molecule has 1 N–H and O–H groups in total. The van der Waals surface area contributed by atoms with E-state index < -0.39 is 0 Å². The molecule has 0 amide bonds. The van der Waals surface area contributed by atoms with Gasteiger partial charge in [0.1, 0.15) is 5.82 Å². The SMILES string of the molecule is CCNCc1nccc(CC(C)C)n1. The lowest BCUT2D eigenvalue weighted by atomic mass is 10.1. The van der Waals surface area contributed by atoms with Gasteiger partial charge < -0.3 is 5.32 Å². The third kappa shape index (κ3) is 3.83. The molecular formula is C11H19N3. The highest BCUT2D eigenvalue weighted by Gasteiger charge is 2.01. The summed E-state index contributed by atoms with van der Waals surface area (Å²) in [5.41, 5.74) is 1.14. The monoisotopic (exact) mass is 193 g/mol. The van der Waals surface area contributed by atoms with Gasteiger partial charge in [-0.2, -0.15) is 0 Å². The molecule has 3 heteroatoms. The first-order valence-electron chi connectivity index (χ1n) is 5.24. The van der Waals surface area contributed by atoms with Crippen molar-refractivity contribution < 1.29 is 0 Å². The van der Waals surface area contributed by atoms with Gasteiger partial charge in [-0.05, 0) is 24.9 Å². The molecule has 0 aliphatic heterocycles. The van der Waals surface area contributed by atoms with E-state index in [4.69, 9.17) is 0 Å². The van der Waals surface area contributed by atoms with Gasteiger partial charge in [-0.1, -0.05) is 20.8 Å². The lowest BCUT2D eigenvalue weighted by Gasteiger charge is -2.05. The number of nitrogens with one attached hydrogen (secondary N) is 1. The fourth-order valence-electron chi connectivity index (χ4n) is 1.30. The van der Waals surface area contributed by atoms with E-state index in [0.29, 0.717) is 5.92 Å². The minimum Gasteiger partial charge on any atom is -0.310 e. The Labute approximate surface area is 86.0 Å². The van der Waals surface area contributed by atoms with Crippen LogP contribution in [0.2, 0.25) is 0 Å². The zero-order valence-corrected chi connectivity index (χ0v) is 9.25. The largest absolute Gasteiger partial charge is 0.310 e. The Kier molecular flexibility index (Phi) is 4.53. The molecule has 1 rings (SSSR count). The van der Waals surface area contributed by atoms with Crippen molar-refractivity contribution in [2.75, 3.05) is 6.54 Å². The Bertz CT molecular complexity index is 271. The van der Waals surface area contributed by atoms with E-state index in [9.17, 15) is 0 Å². The quantitative estimate of drug-likeness (QED) is 0.774. The van der Waals surface area contributed by atoms with Crippen LogP contribution in [0.25, 0.3) is 0 Å². The van der Waals surface area contributed by atoms with Crippen LogP contribution in [0, 0.1) is 5.92 Å². The summed E-state index contributed by atoms with van der Waals surface area (Å²) in [5, 5.41) is 3.22. The summed E-state index contributed by atoms with van der Waals surface area (Å²) in [6.07, 6.45) is 2.87. The molecule has 0 saturated carbocycles. The zero-order chi connectivity index (χ0) is 10.4. The van der Waals surface area contributed by atoms with Crippen molar-refractivity contribution in [3.8, 4) is 0 Å². The van der Waals surface area contributed by atoms with Gasteiger partial charge in [0.25, 0.3) is 0 Å². The van der Waals surface area contributed by atoms with E-state index in [2.05, 4.69) is 36.1 Å². The smallest absolute Gasteiger partial charge is 0.142 e. The van der Waals surface area contributed by atoms with Crippen molar-refractivity contribution in [2.24, 2.45) is 5.92 Å². The maximum absolute atomic E-state index is 4.48. The molecule has 0 aromatic carbocycles. The standard InChI is InChI=1S/C11H19N3/c1-4-12-8-11-13-6-5-10(14-11)7-9(2)3/h5-6,9,12H,4,7-8H2,1-3H3. The van der Waals surface area contributed by atoms with Gasteiger partial charge in [0.2, 0.25) is 0 Å². The highest BCUT2D eigenvalue weighted by Crippen LogP contribution is 2.04. The predicted molar refractivity (Wildman–Crippen MR) is 58.0 cm³/mol. The van der Waals surface area contributed by atoms with Crippen molar-refractivity contribution >= 4 is 0 Å². The minimum atomic E-state index is 0.650. The first-order chi connectivity index (χ1) is 6.72. The summed E-state index contributed by atoms with van der Waals surface area (Å²) in [6, 6.07) is 2.00. The molecule has 0 radical (unpaired) electrons. The number of hydrogen-bond acceptors (Lipinski definition) is 3. The molecule has 0 spiro atoms. The molecule has 0 unspecified atom stereocenters. The highest BCUT2D eigenvalue weighted by molar-refractivity contribution is 5.03. The molecule has 1 heterocycles. The van der Waals surface area contributed by atoms with E-state index in [1.807, 2.05) is 12.3 Å². The Balaban J connectivity index is 2.59. The molecule has 0 bridgehead atoms. The second kappa shape index (κ2) is 5.70. The predicted octanol–water partition coefficient (Wildman–Crippen LogP) is 1.78. The third-order valence-corrected chi connectivity index (χ3v) is 1.91. The van der Waals surface area contributed by atoms with Crippen LogP contribution in [0.5, 0.6) is 0 Å². The van der Waals surface area contributed by atoms with Crippen LogP contribution in [-0.4, -0.2) is 16.5 Å². The van der Waals surface area contributed by atoms with Crippen molar-refractivity contribution in [2.45, 2.75) is 33.7 Å². The molecule has 3 nitrogen and oxygen atoms in total. The average molecular weight is 193 g/mol. The Morgan fingerprint density at radius 3 is 2.86 bits per heavy atom. The summed E-state index contributed by atoms with van der Waals surface area (Å²) >= 11 is 0. The molecule has 0 aliphatic carbocycles. The van der Waals surface area contributed by atoms with Crippen molar-refractivity contribution in [3.63, 3.8) is 0 Å². The Hall–Kier alpha value is -0.960. The van der Waals surface area contributed by atoms with Crippen LogP contribution in [0.3, 0.4) is 0 Å². The maximum Gasteiger partial charge on any atom is 0.142 e. The molecule has 78 valence electrons. The molecule has 0 aliphatic rings. The first kappa shape index (κ1) is 11.1. The summed E-state index contributed by atoms with van der Waals surface area (Å²) in [7, 11) is 0. The second-order valence-electron chi connectivity index (χ2n) is 3.84. The highest BCUT2D eigenvalue weighted by atomic mass is 15.0. The van der Waals surface area contributed by atoms with Gasteiger partial charge in [0, 0.05) is 11.9 Å². The van der Waals surface area contributed by atoms with Gasteiger partial charge in [-0.25, -0.2) is 9.97 Å². The van der Waals surface area contributed by atoms with Crippen LogP contribution in [-0.2, 0) is 13.0 Å². The van der Waals surface area contributed by atoms with Crippen molar-refractivity contribution in [3.05, 3.63) is 23.8 Å². The molecular weight excluding hydrogens is 174 g/mol. The molecule has 0 atom stereocenters. The van der Waals surface area contributed by atoms with E-state index >= 15 is 0 Å². The van der Waals surface area contributed by atoms with Crippen LogP contribution in [0.15, 0.2) is 12.3 Å². The number of aromatic nitrogens is 2. The van der Waals surface area contributed by atoms with Gasteiger partial charge >= 0.3 is 0 Å². The lowest BCUT2D eigenvalue weighted by molar-refractivity contribution is 0.622. The van der Waals surface area contributed by atoms with Crippen molar-refractivity contribution in [1.29, 1.82) is 0 Å². The molecule has 14 heavy (non-hydrogen) atoms. The average Bonchev–Trinajstić information content (AvgIpc) is 2.14. The fourth-order valence-corrected chi connectivity index (χ4v) is 1.30. The van der Waals surface area contributed by atoms with E-state index in [1.54, 1.807) is 0 Å². The van der Waals surface area contributed by atoms with Crippen molar-refractivity contribution in [1.82, 2.24) is 15.3 Å². The fraction of sp³-hybridized carbons (Fsp3) is 0.636. The molecule has 0 saturated heterocycles. The number of rotatable bonds is 5. The van der Waals surface area contributed by atoms with E-state index in [0.717, 1.165) is 31.0 Å². The van der Waals surface area contributed by atoms with E-state index in [-0.39, 0.29) is 0 Å². The molecule has 0 fully saturated rings. The van der Waals surface area contributed by atoms with Crippen LogP contribution >= 0.6 is 0 Å². The maximum atomic E-state index is 4.48. The number of nitrogens with zero attached hydrogens (tertiary/aromatic N) is 2. The van der Waals surface area contributed by atoms with Crippen LogP contribution in [0.4, 0.5) is 0 Å².